The van der Waals surface area contributed by atoms with E-state index in [2.05, 4.69) is 6.58 Å². The Hall–Kier alpha value is -1.29. The molecular weight excluding hydrogens is 191 g/mol. The monoisotopic (exact) mass is 201 g/mol. The normalized spacial score (nSPS) is 12.6. The molecule has 0 unspecified atom stereocenters. The Bertz CT molecular complexity index is 326. The third kappa shape index (κ3) is 2.14. The van der Waals surface area contributed by atoms with Gasteiger partial charge in [-0.15, -0.1) is 6.58 Å². The number of hydrogen-bond acceptors (Lipinski definition) is 1. The quantitative estimate of drug-likeness (QED) is 0.747. The highest BCUT2D eigenvalue weighted by atomic mass is 19.1. The lowest BCUT2D eigenvalue weighted by molar-refractivity contribution is 0.503. The van der Waals surface area contributed by atoms with Gasteiger partial charge in [-0.3, -0.25) is 0 Å². The van der Waals surface area contributed by atoms with Crippen LogP contribution in [0.5, 0.6) is 0 Å². The van der Waals surface area contributed by atoms with Crippen molar-refractivity contribution >= 4 is 0 Å². The minimum Gasteiger partial charge on any atom is -0.324 e. The maximum Gasteiger partial charge on any atom is 0.133 e. The summed E-state index contributed by atoms with van der Waals surface area (Å²) in [6.45, 7) is 3.40. The molecule has 4 heteroatoms. The standard InChI is InChI=1S/C10H10F3N/c1-2-3-9(14)10-7(12)4-6(11)5-8(10)13/h2,4-5,9H,1,3,14H2/t9-/m1/s1. The van der Waals surface area contributed by atoms with Crippen LogP contribution in [0.3, 0.4) is 0 Å². The first-order valence-electron chi connectivity index (χ1n) is 4.07. The first-order valence-corrected chi connectivity index (χ1v) is 4.07. The lowest BCUT2D eigenvalue weighted by atomic mass is 10.0. The van der Waals surface area contributed by atoms with Crippen molar-refractivity contribution < 1.29 is 13.2 Å². The van der Waals surface area contributed by atoms with Gasteiger partial charge in [0.2, 0.25) is 0 Å². The first-order chi connectivity index (χ1) is 6.56. The second-order valence-corrected chi connectivity index (χ2v) is 2.91. The summed E-state index contributed by atoms with van der Waals surface area (Å²) in [5.74, 6) is -2.87. The summed E-state index contributed by atoms with van der Waals surface area (Å²) >= 11 is 0. The third-order valence-electron chi connectivity index (χ3n) is 1.84. The molecule has 1 aromatic rings. The maximum absolute atomic E-state index is 13.1. The van der Waals surface area contributed by atoms with E-state index < -0.39 is 23.5 Å². The summed E-state index contributed by atoms with van der Waals surface area (Å²) in [5.41, 5.74) is 5.18. The molecule has 1 nitrogen and oxygen atoms in total. The fourth-order valence-corrected chi connectivity index (χ4v) is 1.20. The Labute approximate surface area is 80.0 Å². The van der Waals surface area contributed by atoms with Gasteiger partial charge in [0.1, 0.15) is 17.5 Å². The highest BCUT2D eigenvalue weighted by molar-refractivity contribution is 5.24. The topological polar surface area (TPSA) is 26.0 Å². The zero-order valence-electron chi connectivity index (χ0n) is 7.43. The van der Waals surface area contributed by atoms with Crippen molar-refractivity contribution in [3.05, 3.63) is 47.8 Å². The van der Waals surface area contributed by atoms with Gasteiger partial charge in [0.15, 0.2) is 0 Å². The van der Waals surface area contributed by atoms with Crippen LogP contribution in [-0.4, -0.2) is 0 Å². The molecule has 0 radical (unpaired) electrons. The van der Waals surface area contributed by atoms with Gasteiger partial charge in [0, 0.05) is 23.7 Å². The average molecular weight is 201 g/mol. The second kappa shape index (κ2) is 4.28. The van der Waals surface area contributed by atoms with Crippen molar-refractivity contribution in [2.75, 3.05) is 0 Å². The van der Waals surface area contributed by atoms with Crippen LogP contribution >= 0.6 is 0 Å². The van der Waals surface area contributed by atoms with E-state index in [9.17, 15) is 13.2 Å². The van der Waals surface area contributed by atoms with Crippen molar-refractivity contribution in [1.82, 2.24) is 0 Å². The molecule has 0 bridgehead atoms. The molecule has 0 fully saturated rings. The Morgan fingerprint density at radius 1 is 1.29 bits per heavy atom. The number of nitrogens with two attached hydrogens (primary N) is 1. The van der Waals surface area contributed by atoms with Gasteiger partial charge in [0.05, 0.1) is 0 Å². The van der Waals surface area contributed by atoms with Crippen molar-refractivity contribution in [1.29, 1.82) is 0 Å². The van der Waals surface area contributed by atoms with E-state index in [-0.39, 0.29) is 12.0 Å². The van der Waals surface area contributed by atoms with E-state index in [4.69, 9.17) is 5.73 Å². The molecule has 76 valence electrons. The summed E-state index contributed by atoms with van der Waals surface area (Å²) in [5, 5.41) is 0. The molecule has 0 heterocycles. The van der Waals surface area contributed by atoms with Gasteiger partial charge in [-0.05, 0) is 6.42 Å². The van der Waals surface area contributed by atoms with E-state index in [1.54, 1.807) is 0 Å². The van der Waals surface area contributed by atoms with E-state index >= 15 is 0 Å². The molecule has 0 amide bonds. The molecule has 14 heavy (non-hydrogen) atoms. The Morgan fingerprint density at radius 2 is 1.79 bits per heavy atom. The predicted octanol–water partition coefficient (Wildman–Crippen LogP) is 2.68. The highest BCUT2D eigenvalue weighted by Crippen LogP contribution is 2.22. The maximum atomic E-state index is 13.1. The zero-order chi connectivity index (χ0) is 10.7. The van der Waals surface area contributed by atoms with Crippen LogP contribution in [0.15, 0.2) is 24.8 Å². The SMILES string of the molecule is C=CC[C@@H](N)c1c(F)cc(F)cc1F. The smallest absolute Gasteiger partial charge is 0.133 e. The first kappa shape index (κ1) is 10.8. The Morgan fingerprint density at radius 3 is 2.21 bits per heavy atom. The Kier molecular flexibility index (Phi) is 3.30. The number of hydrogen-bond donors (Lipinski definition) is 1. The van der Waals surface area contributed by atoms with Crippen LogP contribution in [0.4, 0.5) is 13.2 Å². The molecule has 0 saturated heterocycles. The number of benzene rings is 1. The van der Waals surface area contributed by atoms with Gasteiger partial charge in [-0.1, -0.05) is 6.08 Å². The van der Waals surface area contributed by atoms with Crippen molar-refractivity contribution in [3.63, 3.8) is 0 Å². The van der Waals surface area contributed by atoms with Gasteiger partial charge < -0.3 is 5.73 Å². The molecule has 2 N–H and O–H groups in total. The van der Waals surface area contributed by atoms with Crippen molar-refractivity contribution in [2.24, 2.45) is 5.73 Å². The number of rotatable bonds is 3. The molecule has 1 aromatic carbocycles. The summed E-state index contributed by atoms with van der Waals surface area (Å²) in [7, 11) is 0. The van der Waals surface area contributed by atoms with Crippen molar-refractivity contribution in [2.45, 2.75) is 12.5 Å². The van der Waals surface area contributed by atoms with Crippen LogP contribution in [0.1, 0.15) is 18.0 Å². The van der Waals surface area contributed by atoms with Gasteiger partial charge in [-0.25, -0.2) is 13.2 Å². The predicted molar refractivity (Wildman–Crippen MR) is 48.1 cm³/mol. The molecule has 1 rings (SSSR count). The second-order valence-electron chi connectivity index (χ2n) is 2.91. The molecule has 0 saturated carbocycles. The minimum atomic E-state index is -0.961. The molecule has 1 atom stereocenters. The summed E-state index contributed by atoms with van der Waals surface area (Å²) in [6.07, 6.45) is 1.69. The zero-order valence-corrected chi connectivity index (χ0v) is 7.43. The van der Waals surface area contributed by atoms with Gasteiger partial charge >= 0.3 is 0 Å². The average Bonchev–Trinajstić information content (AvgIpc) is 2.01. The highest BCUT2D eigenvalue weighted by Gasteiger charge is 2.16. The van der Waals surface area contributed by atoms with E-state index in [0.29, 0.717) is 12.1 Å². The van der Waals surface area contributed by atoms with Crippen LogP contribution in [-0.2, 0) is 0 Å². The summed E-state index contributed by atoms with van der Waals surface area (Å²) < 4.78 is 38.7. The Balaban J connectivity index is 3.13. The number of halogens is 3. The van der Waals surface area contributed by atoms with E-state index in [1.165, 1.54) is 6.08 Å². The van der Waals surface area contributed by atoms with Crippen LogP contribution in [0.2, 0.25) is 0 Å². The third-order valence-corrected chi connectivity index (χ3v) is 1.84. The van der Waals surface area contributed by atoms with E-state index in [0.717, 1.165) is 0 Å². The van der Waals surface area contributed by atoms with Crippen LogP contribution in [0.25, 0.3) is 0 Å². The molecule has 0 aliphatic heterocycles. The lowest BCUT2D eigenvalue weighted by Gasteiger charge is -2.11. The molecule has 0 spiro atoms. The van der Waals surface area contributed by atoms with Crippen LogP contribution < -0.4 is 5.73 Å². The van der Waals surface area contributed by atoms with E-state index in [1.807, 2.05) is 0 Å². The van der Waals surface area contributed by atoms with Gasteiger partial charge in [0.25, 0.3) is 0 Å². The molecular formula is C10H10F3N. The van der Waals surface area contributed by atoms with Crippen LogP contribution in [0, 0.1) is 17.5 Å². The molecule has 0 aliphatic carbocycles. The summed E-state index contributed by atoms with van der Waals surface area (Å²) in [6, 6.07) is 0.399. The molecule has 0 aromatic heterocycles. The largest absolute Gasteiger partial charge is 0.324 e. The minimum absolute atomic E-state index is 0.236. The van der Waals surface area contributed by atoms with Gasteiger partial charge in [-0.2, -0.15) is 0 Å². The fourth-order valence-electron chi connectivity index (χ4n) is 1.20. The van der Waals surface area contributed by atoms with Crippen molar-refractivity contribution in [3.8, 4) is 0 Å². The molecule has 0 aliphatic rings. The summed E-state index contributed by atoms with van der Waals surface area (Å²) in [4.78, 5) is 0. The lowest BCUT2D eigenvalue weighted by Crippen LogP contribution is -2.13. The fraction of sp³-hybridized carbons (Fsp3) is 0.200.